The van der Waals surface area contributed by atoms with Crippen molar-refractivity contribution in [3.05, 3.63) is 87.4 Å². The molecule has 0 atom stereocenters. The van der Waals surface area contributed by atoms with E-state index in [9.17, 15) is 27.9 Å². The van der Waals surface area contributed by atoms with Gasteiger partial charge in [0.25, 0.3) is 0 Å². The molecule has 0 saturated heterocycles. The number of aromatic carboxylic acids is 1. The maximum absolute atomic E-state index is 13.7. The van der Waals surface area contributed by atoms with Gasteiger partial charge in [0, 0.05) is 13.1 Å². The van der Waals surface area contributed by atoms with Crippen LogP contribution in [0.2, 0.25) is 10.0 Å². The number of carbonyl (C=O) groups excluding carboxylic acids is 1. The van der Waals surface area contributed by atoms with E-state index in [4.69, 9.17) is 33.0 Å². The van der Waals surface area contributed by atoms with E-state index in [-0.39, 0.29) is 45.0 Å². The Morgan fingerprint density at radius 1 is 0.919 bits per heavy atom. The summed E-state index contributed by atoms with van der Waals surface area (Å²) in [6.45, 7) is -0.439. The minimum atomic E-state index is -4.20. The fourth-order valence-corrected chi connectivity index (χ4v) is 5.29. The second kappa shape index (κ2) is 11.6. The largest absolute Gasteiger partial charge is 0.495 e. The van der Waals surface area contributed by atoms with Crippen molar-refractivity contribution in [2.24, 2.45) is 0 Å². The molecule has 0 heterocycles. The number of methoxy groups -OCH3 is 1. The smallest absolute Gasteiger partial charge is 0.394 e. The van der Waals surface area contributed by atoms with E-state index in [0.29, 0.717) is 5.56 Å². The number of benzene rings is 3. The third-order valence-electron chi connectivity index (χ3n) is 5.15. The van der Waals surface area contributed by atoms with Gasteiger partial charge in [0.05, 0.1) is 28.4 Å². The van der Waals surface area contributed by atoms with Gasteiger partial charge in [-0.15, -0.1) is 0 Å². The molecule has 0 aliphatic heterocycles. The van der Waals surface area contributed by atoms with E-state index in [1.807, 2.05) is 5.32 Å². The van der Waals surface area contributed by atoms with Crippen LogP contribution >= 0.6 is 23.2 Å². The summed E-state index contributed by atoms with van der Waals surface area (Å²) in [5, 5.41) is 20.9. The monoisotopic (exact) mass is 566 g/mol. The highest BCUT2D eigenvalue weighted by Crippen LogP contribution is 2.30. The molecule has 0 bridgehead atoms. The van der Waals surface area contributed by atoms with Gasteiger partial charge < -0.3 is 20.3 Å². The number of rotatable bonds is 9. The first-order chi connectivity index (χ1) is 17.4. The lowest BCUT2D eigenvalue weighted by Crippen LogP contribution is -2.31. The van der Waals surface area contributed by atoms with Crippen molar-refractivity contribution in [3.63, 3.8) is 0 Å². The number of hydrogen-bond donors (Lipinski definition) is 3. The molecule has 3 aromatic rings. The van der Waals surface area contributed by atoms with E-state index >= 15 is 0 Å². The molecule has 13 heteroatoms. The van der Waals surface area contributed by atoms with E-state index in [1.54, 1.807) is 12.1 Å². The van der Waals surface area contributed by atoms with Crippen molar-refractivity contribution in [2.45, 2.75) is 18.0 Å². The van der Waals surface area contributed by atoms with Crippen molar-refractivity contribution >= 4 is 56.8 Å². The molecule has 0 radical (unpaired) electrons. The zero-order chi connectivity index (χ0) is 27.3. The summed E-state index contributed by atoms with van der Waals surface area (Å²) in [7, 11) is -2.87. The van der Waals surface area contributed by atoms with Crippen LogP contribution < -0.4 is 10.1 Å². The standard InChI is InChI=1S/C24H20Cl2N2O8S/c1-36-20-4-2-3-5-21(20)37(34,35)28(13-15-6-8-17(25)18(26)11-15)12-14-7-9-19(16(10-14)23(30)31)27-22(29)24(32)33/h2-11H,12-13H2,1H3,(H,27,29)(H,30,31)(H,32,33). The quantitative estimate of drug-likeness (QED) is 0.327. The average Bonchev–Trinajstić information content (AvgIpc) is 2.86. The van der Waals surface area contributed by atoms with Crippen molar-refractivity contribution < 1.29 is 37.8 Å². The number of ether oxygens (including phenoxy) is 1. The van der Waals surface area contributed by atoms with E-state index in [0.717, 1.165) is 10.4 Å². The molecule has 1 amide bonds. The first-order valence-electron chi connectivity index (χ1n) is 10.4. The van der Waals surface area contributed by atoms with Crippen molar-refractivity contribution in [3.8, 4) is 5.75 Å². The lowest BCUT2D eigenvalue weighted by Gasteiger charge is -2.24. The highest BCUT2D eigenvalue weighted by atomic mass is 35.5. The van der Waals surface area contributed by atoms with Gasteiger partial charge in [0.15, 0.2) is 0 Å². The molecular formula is C24H20Cl2N2O8S. The molecule has 10 nitrogen and oxygen atoms in total. The van der Waals surface area contributed by atoms with Crippen LogP contribution in [0.3, 0.4) is 0 Å². The summed E-state index contributed by atoms with van der Waals surface area (Å²) in [6.07, 6.45) is 0. The maximum atomic E-state index is 13.7. The number of halogens is 2. The first kappa shape index (κ1) is 27.9. The molecule has 0 unspecified atom stereocenters. The molecule has 194 valence electrons. The highest BCUT2D eigenvalue weighted by Gasteiger charge is 2.29. The molecule has 0 aromatic heterocycles. The first-order valence-corrected chi connectivity index (χ1v) is 12.6. The Hall–Kier alpha value is -3.64. The number of hydrogen-bond acceptors (Lipinski definition) is 6. The molecule has 3 aromatic carbocycles. The zero-order valence-electron chi connectivity index (χ0n) is 19.1. The Balaban J connectivity index is 2.07. The molecule has 37 heavy (non-hydrogen) atoms. The molecule has 0 saturated carbocycles. The van der Waals surface area contributed by atoms with E-state index in [1.165, 1.54) is 49.6 Å². The molecule has 3 rings (SSSR count). The summed E-state index contributed by atoms with van der Waals surface area (Å²) in [5.41, 5.74) is 0.0875. The number of carboxylic acid groups (broad SMARTS) is 2. The number of nitrogens with zero attached hydrogens (tertiary/aromatic N) is 1. The Bertz CT molecular complexity index is 1480. The second-order valence-corrected chi connectivity index (χ2v) is 10.3. The Labute approximate surface area is 222 Å². The second-order valence-electron chi connectivity index (χ2n) is 7.62. The van der Waals surface area contributed by atoms with Crippen molar-refractivity contribution in [1.82, 2.24) is 4.31 Å². The Kier molecular flexibility index (Phi) is 8.77. The van der Waals surface area contributed by atoms with Gasteiger partial charge in [-0.25, -0.2) is 18.0 Å². The van der Waals surface area contributed by atoms with Gasteiger partial charge in [0.1, 0.15) is 10.6 Å². The number of sulfonamides is 1. The molecule has 0 aliphatic rings. The van der Waals surface area contributed by atoms with Crippen molar-refractivity contribution in [2.75, 3.05) is 12.4 Å². The average molecular weight is 567 g/mol. The number of para-hydroxylation sites is 1. The van der Waals surface area contributed by atoms with Gasteiger partial charge in [0.2, 0.25) is 10.0 Å². The van der Waals surface area contributed by atoms with Gasteiger partial charge >= 0.3 is 17.8 Å². The number of aliphatic carboxylic acids is 1. The van der Waals surface area contributed by atoms with Crippen molar-refractivity contribution in [1.29, 1.82) is 0 Å². The minimum absolute atomic E-state index is 0.110. The van der Waals surface area contributed by atoms with Gasteiger partial charge in [-0.05, 0) is 47.5 Å². The molecule has 3 N–H and O–H groups in total. The van der Waals surface area contributed by atoms with E-state index in [2.05, 4.69) is 0 Å². The lowest BCUT2D eigenvalue weighted by atomic mass is 10.1. The van der Waals surface area contributed by atoms with Gasteiger partial charge in [-0.1, -0.05) is 47.5 Å². The molecule has 0 spiro atoms. The van der Waals surface area contributed by atoms with Crippen LogP contribution in [0, 0.1) is 0 Å². The number of carboxylic acids is 2. The predicted molar refractivity (Wildman–Crippen MR) is 136 cm³/mol. The topological polar surface area (TPSA) is 150 Å². The molecular weight excluding hydrogens is 547 g/mol. The van der Waals surface area contributed by atoms with Crippen LogP contribution in [-0.2, 0) is 32.7 Å². The van der Waals surface area contributed by atoms with E-state index < -0.39 is 33.4 Å². The van der Waals surface area contributed by atoms with Crippen LogP contribution in [0.5, 0.6) is 5.75 Å². The van der Waals surface area contributed by atoms with Crippen LogP contribution in [0.25, 0.3) is 0 Å². The van der Waals surface area contributed by atoms with Gasteiger partial charge in [-0.2, -0.15) is 4.31 Å². The zero-order valence-corrected chi connectivity index (χ0v) is 21.5. The third kappa shape index (κ3) is 6.57. The summed E-state index contributed by atoms with van der Waals surface area (Å²) in [4.78, 5) is 34.1. The number of amides is 1. The number of anilines is 1. The fourth-order valence-electron chi connectivity index (χ4n) is 3.39. The van der Waals surface area contributed by atoms with Crippen LogP contribution in [0.4, 0.5) is 5.69 Å². The third-order valence-corrected chi connectivity index (χ3v) is 7.72. The Morgan fingerprint density at radius 3 is 2.14 bits per heavy atom. The maximum Gasteiger partial charge on any atom is 0.394 e. The number of nitrogens with one attached hydrogen (secondary N) is 1. The summed E-state index contributed by atoms with van der Waals surface area (Å²) in [6, 6.07) is 14.4. The lowest BCUT2D eigenvalue weighted by molar-refractivity contribution is -0.147. The molecule has 0 fully saturated rings. The highest BCUT2D eigenvalue weighted by molar-refractivity contribution is 7.89. The molecule has 0 aliphatic carbocycles. The SMILES string of the molecule is COc1ccccc1S(=O)(=O)N(Cc1ccc(Cl)c(Cl)c1)Cc1ccc(NC(=O)C(=O)O)c(C(=O)O)c1. The number of carbonyl (C=O) groups is 3. The minimum Gasteiger partial charge on any atom is -0.495 e. The Morgan fingerprint density at radius 2 is 1.54 bits per heavy atom. The fraction of sp³-hybridized carbons (Fsp3) is 0.125. The van der Waals surface area contributed by atoms with Crippen LogP contribution in [0.1, 0.15) is 21.5 Å². The predicted octanol–water partition coefficient (Wildman–Crippen LogP) is 4.11. The summed E-state index contributed by atoms with van der Waals surface area (Å²) < 4.78 is 33.8. The summed E-state index contributed by atoms with van der Waals surface area (Å²) in [5.74, 6) is -4.56. The van der Waals surface area contributed by atoms with Crippen LogP contribution in [0.15, 0.2) is 65.6 Å². The summed E-state index contributed by atoms with van der Waals surface area (Å²) >= 11 is 12.1. The van der Waals surface area contributed by atoms with Gasteiger partial charge in [-0.3, -0.25) is 4.79 Å². The van der Waals surface area contributed by atoms with Crippen LogP contribution in [-0.4, -0.2) is 47.9 Å². The normalized spacial score (nSPS) is 11.2.